The van der Waals surface area contributed by atoms with E-state index in [9.17, 15) is 14.4 Å². The van der Waals surface area contributed by atoms with Crippen molar-refractivity contribution < 1.29 is 19.1 Å². The molecule has 0 unspecified atom stereocenters. The molecule has 0 spiro atoms. The molecule has 3 heterocycles. The van der Waals surface area contributed by atoms with Gasteiger partial charge in [-0.3, -0.25) is 19.3 Å². The Kier molecular flexibility index (Phi) is 5.91. The van der Waals surface area contributed by atoms with Gasteiger partial charge in [0, 0.05) is 34.6 Å². The summed E-state index contributed by atoms with van der Waals surface area (Å²) >= 11 is 2.34. The first-order valence-corrected chi connectivity index (χ1v) is 10.9. The largest absolute Gasteiger partial charge is 0.497 e. The fourth-order valence-electron chi connectivity index (χ4n) is 3.17. The Hall–Kier alpha value is -3.04. The van der Waals surface area contributed by atoms with E-state index < -0.39 is 11.1 Å². The molecule has 0 atom stereocenters. The van der Waals surface area contributed by atoms with Gasteiger partial charge >= 0.3 is 0 Å². The van der Waals surface area contributed by atoms with Crippen molar-refractivity contribution in [1.29, 1.82) is 0 Å². The summed E-state index contributed by atoms with van der Waals surface area (Å²) in [5.41, 5.74) is 2.03. The number of aromatic amines is 1. The molecule has 0 aliphatic carbocycles. The van der Waals surface area contributed by atoms with Crippen molar-refractivity contribution in [2.45, 2.75) is 6.42 Å². The van der Waals surface area contributed by atoms with Crippen molar-refractivity contribution in [3.63, 3.8) is 0 Å². The van der Waals surface area contributed by atoms with Gasteiger partial charge in [0.1, 0.15) is 12.3 Å². The lowest BCUT2D eigenvalue weighted by molar-refractivity contribution is -0.129. The van der Waals surface area contributed by atoms with Crippen molar-refractivity contribution in [2.24, 2.45) is 0 Å². The molecule has 1 fully saturated rings. The van der Waals surface area contributed by atoms with Gasteiger partial charge in [0.2, 0.25) is 5.91 Å². The Balaban J connectivity index is 1.32. The molecule has 154 valence electrons. The van der Waals surface area contributed by atoms with Crippen LogP contribution in [0.2, 0.25) is 0 Å². The fourth-order valence-corrected chi connectivity index (χ4v) is 4.74. The number of carbonyl (C=O) groups excluding carboxylic acids is 3. The summed E-state index contributed by atoms with van der Waals surface area (Å²) in [5.74, 6) is -0.0233. The third-order valence-corrected chi connectivity index (χ3v) is 6.41. The predicted molar refractivity (Wildman–Crippen MR) is 119 cm³/mol. The maximum absolute atomic E-state index is 12.5. The summed E-state index contributed by atoms with van der Waals surface area (Å²) in [6.45, 7) is 0.122. The molecular formula is C21H19N3O4S2. The highest BCUT2D eigenvalue weighted by Gasteiger charge is 2.36. The van der Waals surface area contributed by atoms with Gasteiger partial charge in [-0.05, 0) is 53.4 Å². The quantitative estimate of drug-likeness (QED) is 0.547. The average molecular weight is 442 g/mol. The molecule has 1 aliphatic heterocycles. The average Bonchev–Trinajstić information content (AvgIpc) is 3.45. The topological polar surface area (TPSA) is 91.5 Å². The molecule has 0 bridgehead atoms. The molecule has 2 aromatic heterocycles. The minimum absolute atomic E-state index is 0.280. The van der Waals surface area contributed by atoms with E-state index in [-0.39, 0.29) is 12.5 Å². The first-order valence-electron chi connectivity index (χ1n) is 9.24. The van der Waals surface area contributed by atoms with Gasteiger partial charge in [0.15, 0.2) is 0 Å². The van der Waals surface area contributed by atoms with E-state index in [4.69, 9.17) is 4.74 Å². The zero-order valence-corrected chi connectivity index (χ0v) is 17.8. The van der Waals surface area contributed by atoms with Gasteiger partial charge in [-0.25, -0.2) is 0 Å². The number of carbonyl (C=O) groups is 3. The Labute approximate surface area is 181 Å². The number of methoxy groups -OCH3 is 1. The number of thioether (sulfide) groups is 1. The number of hydrogen-bond acceptors (Lipinski definition) is 6. The van der Waals surface area contributed by atoms with Crippen LogP contribution in [0.4, 0.5) is 4.79 Å². The smallest absolute Gasteiger partial charge is 0.294 e. The minimum atomic E-state index is -0.431. The number of rotatable bonds is 7. The number of nitrogens with zero attached hydrogens (tertiary/aromatic N) is 1. The van der Waals surface area contributed by atoms with E-state index in [1.165, 1.54) is 11.3 Å². The molecule has 2 N–H and O–H groups in total. The molecule has 3 amide bonds. The molecule has 9 heteroatoms. The summed E-state index contributed by atoms with van der Waals surface area (Å²) in [6.07, 6.45) is 4.21. The maximum Gasteiger partial charge on any atom is 0.294 e. The number of H-pyrrole nitrogens is 1. The Morgan fingerprint density at radius 3 is 2.93 bits per heavy atom. The van der Waals surface area contributed by atoms with Gasteiger partial charge in [-0.15, -0.1) is 11.3 Å². The van der Waals surface area contributed by atoms with Gasteiger partial charge in [-0.2, -0.15) is 0 Å². The lowest BCUT2D eigenvalue weighted by Crippen LogP contribution is -2.40. The standard InChI is InChI=1S/C21H19N3O4S2/c1-28-14-4-5-16-13(11-23-17(16)9-14)6-7-22-19(25)12-24-20(26)18(30-21(24)27)10-15-3-2-8-29-15/h2-5,8-11,23H,6-7,12H2,1H3,(H,22,25)/b18-10-. The molecule has 0 radical (unpaired) electrons. The van der Waals surface area contributed by atoms with Gasteiger partial charge in [0.25, 0.3) is 11.1 Å². The van der Waals surface area contributed by atoms with Crippen LogP contribution in [0.1, 0.15) is 10.4 Å². The van der Waals surface area contributed by atoms with Crippen LogP contribution in [0.3, 0.4) is 0 Å². The maximum atomic E-state index is 12.5. The van der Waals surface area contributed by atoms with Crippen molar-refractivity contribution >= 4 is 57.1 Å². The number of benzene rings is 1. The highest BCUT2D eigenvalue weighted by Crippen LogP contribution is 2.32. The van der Waals surface area contributed by atoms with E-state index in [0.29, 0.717) is 17.9 Å². The van der Waals surface area contributed by atoms with Crippen LogP contribution >= 0.6 is 23.1 Å². The molecule has 30 heavy (non-hydrogen) atoms. The molecule has 3 aromatic rings. The highest BCUT2D eigenvalue weighted by atomic mass is 32.2. The number of imide groups is 1. The summed E-state index contributed by atoms with van der Waals surface area (Å²) < 4.78 is 5.22. The molecule has 1 aromatic carbocycles. The normalized spacial score (nSPS) is 15.4. The summed E-state index contributed by atoms with van der Waals surface area (Å²) in [7, 11) is 1.62. The highest BCUT2D eigenvalue weighted by molar-refractivity contribution is 8.18. The van der Waals surface area contributed by atoms with E-state index in [0.717, 1.165) is 43.8 Å². The van der Waals surface area contributed by atoms with Crippen molar-refractivity contribution in [1.82, 2.24) is 15.2 Å². The van der Waals surface area contributed by atoms with E-state index in [1.807, 2.05) is 41.9 Å². The first kappa shape index (κ1) is 20.2. The second kappa shape index (κ2) is 8.76. The molecule has 0 saturated carbocycles. The summed E-state index contributed by atoms with van der Waals surface area (Å²) in [6, 6.07) is 9.52. The molecule has 1 aliphatic rings. The van der Waals surface area contributed by atoms with Crippen LogP contribution in [0, 0.1) is 0 Å². The third-order valence-electron chi connectivity index (χ3n) is 4.68. The molecule has 7 nitrogen and oxygen atoms in total. The number of thiophene rings is 1. The van der Waals surface area contributed by atoms with Crippen LogP contribution in [0.25, 0.3) is 17.0 Å². The van der Waals surface area contributed by atoms with Gasteiger partial charge < -0.3 is 15.0 Å². The van der Waals surface area contributed by atoms with Crippen LogP contribution in [-0.4, -0.2) is 47.1 Å². The number of fused-ring (bicyclic) bond motifs is 1. The summed E-state index contributed by atoms with van der Waals surface area (Å²) in [4.78, 5) is 42.3. The Morgan fingerprint density at radius 1 is 1.30 bits per heavy atom. The summed E-state index contributed by atoms with van der Waals surface area (Å²) in [5, 5.41) is 5.32. The number of hydrogen-bond donors (Lipinski definition) is 2. The Bertz CT molecular complexity index is 1130. The van der Waals surface area contributed by atoms with Crippen LogP contribution in [-0.2, 0) is 16.0 Å². The van der Waals surface area contributed by atoms with E-state index in [2.05, 4.69) is 10.3 Å². The zero-order chi connectivity index (χ0) is 21.1. The third kappa shape index (κ3) is 4.27. The second-order valence-corrected chi connectivity index (χ2v) is 8.58. The van der Waals surface area contributed by atoms with Crippen molar-refractivity contribution in [3.05, 3.63) is 57.3 Å². The number of amides is 3. The molecule has 4 rings (SSSR count). The fraction of sp³-hybridized carbons (Fsp3) is 0.190. The lowest BCUT2D eigenvalue weighted by atomic mass is 10.1. The Morgan fingerprint density at radius 2 is 2.17 bits per heavy atom. The number of nitrogens with one attached hydrogen (secondary N) is 2. The van der Waals surface area contributed by atoms with Gasteiger partial charge in [0.05, 0.1) is 12.0 Å². The van der Waals surface area contributed by atoms with Crippen LogP contribution in [0.5, 0.6) is 5.75 Å². The predicted octanol–water partition coefficient (Wildman–Crippen LogP) is 3.63. The monoisotopic (exact) mass is 441 g/mol. The molecule has 1 saturated heterocycles. The van der Waals surface area contributed by atoms with E-state index in [1.54, 1.807) is 13.2 Å². The number of ether oxygens (including phenoxy) is 1. The SMILES string of the molecule is COc1ccc2c(CCNC(=O)CN3C(=O)S/C(=C\c4cccs4)C3=O)c[nH]c2c1. The van der Waals surface area contributed by atoms with Gasteiger partial charge in [-0.1, -0.05) is 6.07 Å². The number of aromatic nitrogens is 1. The van der Waals surface area contributed by atoms with E-state index >= 15 is 0 Å². The zero-order valence-electron chi connectivity index (χ0n) is 16.1. The van der Waals surface area contributed by atoms with Crippen molar-refractivity contribution in [3.8, 4) is 5.75 Å². The first-order chi connectivity index (χ1) is 14.5. The van der Waals surface area contributed by atoms with Crippen molar-refractivity contribution in [2.75, 3.05) is 20.2 Å². The second-order valence-electron chi connectivity index (χ2n) is 6.61. The van der Waals surface area contributed by atoms with Crippen LogP contribution in [0.15, 0.2) is 46.8 Å². The molecular weight excluding hydrogens is 422 g/mol. The van der Waals surface area contributed by atoms with Crippen LogP contribution < -0.4 is 10.1 Å². The minimum Gasteiger partial charge on any atom is -0.497 e. The lowest BCUT2D eigenvalue weighted by Gasteiger charge is -2.12.